The van der Waals surface area contributed by atoms with Crippen molar-refractivity contribution in [2.24, 2.45) is 11.7 Å². The van der Waals surface area contributed by atoms with Crippen LogP contribution >= 0.6 is 0 Å². The first-order valence-electron chi connectivity index (χ1n) is 6.58. The van der Waals surface area contributed by atoms with Crippen LogP contribution in [0.15, 0.2) is 35.6 Å². The number of rotatable bonds is 3. The van der Waals surface area contributed by atoms with Gasteiger partial charge < -0.3 is 15.8 Å². The van der Waals surface area contributed by atoms with Crippen molar-refractivity contribution in [3.8, 4) is 0 Å². The second kappa shape index (κ2) is 5.22. The number of ether oxygens (including phenoxy) is 1. The molecule has 3 atom stereocenters. The van der Waals surface area contributed by atoms with Crippen LogP contribution in [0.4, 0.5) is 13.2 Å². The molecule has 0 saturated heterocycles. The lowest BCUT2D eigenvalue weighted by atomic mass is 9.78. The number of hydrogen-bond donors (Lipinski definition) is 2. The largest absolute Gasteiger partial charge is 0.464 e. The summed E-state index contributed by atoms with van der Waals surface area (Å²) in [4.78, 5) is 11.9. The third-order valence-corrected chi connectivity index (χ3v) is 3.69. The van der Waals surface area contributed by atoms with Crippen molar-refractivity contribution in [2.45, 2.75) is 31.6 Å². The van der Waals surface area contributed by atoms with Crippen molar-refractivity contribution >= 4 is 5.97 Å². The van der Waals surface area contributed by atoms with E-state index in [1.165, 1.54) is 13.1 Å². The fourth-order valence-corrected chi connectivity index (χ4v) is 2.57. The molecule has 0 aromatic rings. The number of carbonyl (C=O) groups excluding carboxylic acids is 1. The molecule has 1 heterocycles. The molecule has 0 amide bonds. The van der Waals surface area contributed by atoms with Gasteiger partial charge in [-0.1, -0.05) is 23.8 Å². The molecule has 2 rings (SSSR count). The van der Waals surface area contributed by atoms with Gasteiger partial charge in [-0.05, 0) is 25.6 Å². The van der Waals surface area contributed by atoms with Gasteiger partial charge in [-0.25, -0.2) is 4.79 Å². The maximum Gasteiger partial charge on any atom is 0.421 e. The van der Waals surface area contributed by atoms with Gasteiger partial charge in [0.1, 0.15) is 0 Å². The van der Waals surface area contributed by atoms with E-state index in [1.54, 1.807) is 18.2 Å². The second-order valence-corrected chi connectivity index (χ2v) is 5.11. The predicted molar refractivity (Wildman–Crippen MR) is 71.0 cm³/mol. The fourth-order valence-electron chi connectivity index (χ4n) is 2.57. The fraction of sp³-hybridized carbons (Fsp3) is 0.500. The highest BCUT2D eigenvalue weighted by Gasteiger charge is 2.63. The molecule has 1 aliphatic carbocycles. The van der Waals surface area contributed by atoms with Crippen molar-refractivity contribution in [3.05, 3.63) is 35.6 Å². The number of carbonyl (C=O) groups is 1. The van der Waals surface area contributed by atoms with Crippen molar-refractivity contribution in [1.29, 1.82) is 0 Å². The smallest absolute Gasteiger partial charge is 0.421 e. The SMILES string of the molecule is CCOC(=O)C(N)(C1=CNC2C=C(C)C=CC12)C(F)(F)F. The highest BCUT2D eigenvalue weighted by atomic mass is 19.4. The Morgan fingerprint density at radius 3 is 2.71 bits per heavy atom. The topological polar surface area (TPSA) is 64.3 Å². The molecule has 2 aliphatic rings. The predicted octanol–water partition coefficient (Wildman–Crippen LogP) is 1.80. The van der Waals surface area contributed by atoms with Crippen molar-refractivity contribution < 1.29 is 22.7 Å². The molecule has 0 fully saturated rings. The number of alkyl halides is 3. The Morgan fingerprint density at radius 1 is 1.48 bits per heavy atom. The minimum absolute atomic E-state index is 0.169. The summed E-state index contributed by atoms with van der Waals surface area (Å²) in [6.45, 7) is 3.11. The highest BCUT2D eigenvalue weighted by molar-refractivity contribution is 5.86. The van der Waals surface area contributed by atoms with Crippen molar-refractivity contribution in [2.75, 3.05) is 6.61 Å². The van der Waals surface area contributed by atoms with Gasteiger partial charge in [-0.3, -0.25) is 0 Å². The van der Waals surface area contributed by atoms with Crippen molar-refractivity contribution in [1.82, 2.24) is 5.32 Å². The number of nitrogens with one attached hydrogen (secondary N) is 1. The van der Waals surface area contributed by atoms with Crippen LogP contribution < -0.4 is 11.1 Å². The molecular formula is C14H17F3N2O2. The second-order valence-electron chi connectivity index (χ2n) is 5.11. The molecular weight excluding hydrogens is 285 g/mol. The monoisotopic (exact) mass is 302 g/mol. The van der Waals surface area contributed by atoms with E-state index < -0.39 is 23.6 Å². The summed E-state index contributed by atoms with van der Waals surface area (Å²) >= 11 is 0. The Bertz CT molecular complexity index is 537. The molecule has 0 aromatic carbocycles. The molecule has 0 bridgehead atoms. The molecule has 0 aromatic heterocycles. The maximum atomic E-state index is 13.4. The Kier molecular flexibility index (Phi) is 3.88. The zero-order valence-electron chi connectivity index (χ0n) is 11.7. The summed E-state index contributed by atoms with van der Waals surface area (Å²) < 4.78 is 44.8. The number of halogens is 3. The van der Waals surface area contributed by atoms with E-state index in [0.29, 0.717) is 0 Å². The molecule has 0 radical (unpaired) electrons. The Balaban J connectivity index is 2.40. The molecule has 4 nitrogen and oxygen atoms in total. The van der Waals surface area contributed by atoms with Gasteiger partial charge in [0.05, 0.1) is 12.6 Å². The molecule has 7 heteroatoms. The molecule has 3 N–H and O–H groups in total. The molecule has 21 heavy (non-hydrogen) atoms. The van der Waals surface area contributed by atoms with Crippen molar-refractivity contribution in [3.63, 3.8) is 0 Å². The molecule has 1 aliphatic heterocycles. The zero-order chi connectivity index (χ0) is 15.8. The first-order valence-corrected chi connectivity index (χ1v) is 6.58. The van der Waals surface area contributed by atoms with Crippen LogP contribution in [0.1, 0.15) is 13.8 Å². The average Bonchev–Trinajstić information content (AvgIpc) is 2.79. The minimum Gasteiger partial charge on any atom is -0.464 e. The van der Waals surface area contributed by atoms with E-state index in [1.807, 2.05) is 6.92 Å². The van der Waals surface area contributed by atoms with E-state index in [2.05, 4.69) is 10.1 Å². The lowest BCUT2D eigenvalue weighted by Gasteiger charge is -2.34. The molecule has 116 valence electrons. The van der Waals surface area contributed by atoms with E-state index in [0.717, 1.165) is 5.57 Å². The Morgan fingerprint density at radius 2 is 2.14 bits per heavy atom. The van der Waals surface area contributed by atoms with Crippen LogP contribution in [-0.4, -0.2) is 30.3 Å². The van der Waals surface area contributed by atoms with Crippen LogP contribution in [0.3, 0.4) is 0 Å². The van der Waals surface area contributed by atoms with Crippen LogP contribution in [0.2, 0.25) is 0 Å². The quantitative estimate of drug-likeness (QED) is 0.780. The Hall–Kier alpha value is -1.76. The molecule has 0 spiro atoms. The first-order chi connectivity index (χ1) is 9.71. The third-order valence-electron chi connectivity index (χ3n) is 3.69. The zero-order valence-corrected chi connectivity index (χ0v) is 11.7. The van der Waals surface area contributed by atoms with E-state index in [9.17, 15) is 18.0 Å². The van der Waals surface area contributed by atoms with Gasteiger partial charge in [-0.15, -0.1) is 0 Å². The number of hydrogen-bond acceptors (Lipinski definition) is 4. The third kappa shape index (κ3) is 2.46. The molecule has 0 saturated carbocycles. The lowest BCUT2D eigenvalue weighted by molar-refractivity contribution is -0.198. The number of esters is 1. The van der Waals surface area contributed by atoms with E-state index >= 15 is 0 Å². The minimum atomic E-state index is -4.94. The van der Waals surface area contributed by atoms with Crippen LogP contribution in [0.25, 0.3) is 0 Å². The van der Waals surface area contributed by atoms with Crippen LogP contribution in [-0.2, 0) is 9.53 Å². The van der Waals surface area contributed by atoms with Gasteiger partial charge >= 0.3 is 12.1 Å². The van der Waals surface area contributed by atoms with Crippen LogP contribution in [0, 0.1) is 5.92 Å². The van der Waals surface area contributed by atoms with E-state index in [-0.39, 0.29) is 18.2 Å². The summed E-state index contributed by atoms with van der Waals surface area (Å²) in [6, 6.07) is -0.329. The number of allylic oxidation sites excluding steroid dienone is 2. The standard InChI is InChI=1S/C14H17F3N2O2/c1-3-21-12(20)13(18,14(15,16)17)10-7-19-11-6-8(2)4-5-9(10)11/h4-7,9,11,19H,3,18H2,1-2H3. The summed E-state index contributed by atoms with van der Waals surface area (Å²) in [7, 11) is 0. The highest BCUT2D eigenvalue weighted by Crippen LogP contribution is 2.42. The number of nitrogens with two attached hydrogens (primary N) is 1. The normalized spacial score (nSPS) is 27.1. The summed E-state index contributed by atoms with van der Waals surface area (Å²) in [5.41, 5.74) is 3.06. The Labute approximate surface area is 120 Å². The summed E-state index contributed by atoms with van der Waals surface area (Å²) in [5, 5.41) is 2.84. The summed E-state index contributed by atoms with van der Waals surface area (Å²) in [5.74, 6) is -2.10. The average molecular weight is 302 g/mol. The summed E-state index contributed by atoms with van der Waals surface area (Å²) in [6.07, 6.45) is 1.38. The van der Waals surface area contributed by atoms with Crippen LogP contribution in [0.5, 0.6) is 0 Å². The van der Waals surface area contributed by atoms with Gasteiger partial charge in [-0.2, -0.15) is 13.2 Å². The van der Waals surface area contributed by atoms with Gasteiger partial charge in [0.15, 0.2) is 0 Å². The van der Waals surface area contributed by atoms with Gasteiger partial charge in [0, 0.05) is 5.92 Å². The molecule has 3 unspecified atom stereocenters. The van der Waals surface area contributed by atoms with E-state index in [4.69, 9.17) is 5.73 Å². The maximum absolute atomic E-state index is 13.4. The number of fused-ring (bicyclic) bond motifs is 1. The van der Waals surface area contributed by atoms with Gasteiger partial charge in [0.25, 0.3) is 0 Å². The first kappa shape index (κ1) is 15.6. The lowest BCUT2D eigenvalue weighted by Crippen LogP contribution is -2.62. The van der Waals surface area contributed by atoms with Gasteiger partial charge in [0.2, 0.25) is 5.54 Å².